The molecule has 0 spiro atoms. The summed E-state index contributed by atoms with van der Waals surface area (Å²) >= 11 is 2.62. The summed E-state index contributed by atoms with van der Waals surface area (Å²) in [4.78, 5) is 98.6. The van der Waals surface area contributed by atoms with Gasteiger partial charge < -0.3 is 37.3 Å². The Morgan fingerprint density at radius 1 is 0.714 bits per heavy atom. The molecular formula is C44H57N9O8S2. The first kappa shape index (κ1) is 44.6. The lowest BCUT2D eigenvalue weighted by atomic mass is 9.66. The largest absolute Gasteiger partial charge is 0.412 e. The van der Waals surface area contributed by atoms with Crippen LogP contribution < -0.4 is 27.8 Å². The second kappa shape index (κ2) is 15.1. The highest BCUT2D eigenvalue weighted by molar-refractivity contribution is 7.10. The fraction of sp³-hybridized carbons (Fsp3) is 0.591. The van der Waals surface area contributed by atoms with E-state index in [1.54, 1.807) is 13.8 Å². The lowest BCUT2D eigenvalue weighted by Crippen LogP contribution is -2.77. The second-order valence-electron chi connectivity index (χ2n) is 19.7. The van der Waals surface area contributed by atoms with Crippen LogP contribution in [0.25, 0.3) is 0 Å². The molecule has 0 saturated carbocycles. The van der Waals surface area contributed by atoms with Crippen molar-refractivity contribution in [3.63, 3.8) is 0 Å². The number of benzene rings is 1. The fourth-order valence-corrected chi connectivity index (χ4v) is 14.6. The molecule has 9 atom stereocenters. The van der Waals surface area contributed by atoms with Crippen molar-refractivity contribution >= 4 is 64.3 Å². The molecule has 19 heteroatoms. The van der Waals surface area contributed by atoms with E-state index in [4.69, 9.17) is 42.4 Å². The van der Waals surface area contributed by atoms with Gasteiger partial charge in [0.2, 0.25) is 11.1 Å². The van der Waals surface area contributed by atoms with Crippen LogP contribution in [0.1, 0.15) is 108 Å². The highest BCUT2D eigenvalue weighted by Crippen LogP contribution is 2.57. The van der Waals surface area contributed by atoms with Crippen LogP contribution in [-0.4, -0.2) is 104 Å². The Kier molecular flexibility index (Phi) is 10.7. The van der Waals surface area contributed by atoms with Gasteiger partial charge in [-0.1, -0.05) is 39.8 Å². The van der Waals surface area contributed by atoms with E-state index in [0.29, 0.717) is 53.5 Å². The SMILES string of the molecule is CC1CC(C2CCCN2[C@@](C(N)=O)(C(=O)OC(N)=O)C2(C)Cc3csc2n3)N(c2ccc(C(C)(C)C)cc2)[C@]1(C)C1CCCN1[C@@](C(N)=O)(C(=O)OC(N)=O)C1(C)Cc2csc1n2. The van der Waals surface area contributed by atoms with Crippen molar-refractivity contribution in [2.45, 2.75) is 144 Å². The molecule has 338 valence electrons. The van der Waals surface area contributed by atoms with Gasteiger partial charge in [-0.05, 0) is 81.9 Å². The van der Waals surface area contributed by atoms with Gasteiger partial charge in [0.25, 0.3) is 11.8 Å². The zero-order chi connectivity index (χ0) is 45.8. The smallest absolute Gasteiger partial charge is 0.375 e. The lowest BCUT2D eigenvalue weighted by Gasteiger charge is -2.56. The molecule has 63 heavy (non-hydrogen) atoms. The van der Waals surface area contributed by atoms with Crippen molar-refractivity contribution < 1.29 is 38.2 Å². The number of aromatic nitrogens is 2. The summed E-state index contributed by atoms with van der Waals surface area (Å²) in [5.41, 5.74) is 19.2. The van der Waals surface area contributed by atoms with E-state index in [9.17, 15) is 28.8 Å². The van der Waals surface area contributed by atoms with Gasteiger partial charge in [0, 0.05) is 60.5 Å². The predicted molar refractivity (Wildman–Crippen MR) is 235 cm³/mol. The van der Waals surface area contributed by atoms with E-state index in [-0.39, 0.29) is 37.3 Å². The average molecular weight is 904 g/mol. The van der Waals surface area contributed by atoms with Crippen LogP contribution in [0.3, 0.4) is 0 Å². The topological polar surface area (TPSA) is 260 Å². The molecule has 1 aromatic carbocycles. The number of primary amides is 4. The third kappa shape index (κ3) is 6.19. The third-order valence-electron chi connectivity index (χ3n) is 15.4. The number of hydrogen-bond donors (Lipinski definition) is 4. The van der Waals surface area contributed by atoms with Gasteiger partial charge in [-0.2, -0.15) is 0 Å². The third-order valence-corrected chi connectivity index (χ3v) is 17.7. The number of thiazole rings is 2. The minimum Gasteiger partial charge on any atom is -0.375 e. The van der Waals surface area contributed by atoms with Gasteiger partial charge in [-0.15, -0.1) is 22.7 Å². The number of hydrogen-bond acceptors (Lipinski definition) is 15. The average Bonchev–Trinajstić information content (AvgIpc) is 4.05. The molecule has 2 aromatic heterocycles. The molecule has 3 saturated heterocycles. The van der Waals surface area contributed by atoms with E-state index < -0.39 is 81.5 Å². The van der Waals surface area contributed by atoms with Gasteiger partial charge in [0.05, 0.1) is 27.8 Å². The predicted octanol–water partition coefficient (Wildman–Crippen LogP) is 3.52. The van der Waals surface area contributed by atoms with Crippen LogP contribution in [0.2, 0.25) is 0 Å². The second-order valence-corrected chi connectivity index (χ2v) is 21.4. The quantitative estimate of drug-likeness (QED) is 0.159. The molecule has 6 unspecified atom stereocenters. The van der Waals surface area contributed by atoms with Crippen molar-refractivity contribution in [1.29, 1.82) is 0 Å². The zero-order valence-electron chi connectivity index (χ0n) is 36.8. The van der Waals surface area contributed by atoms with E-state index in [1.165, 1.54) is 22.7 Å². The first-order chi connectivity index (χ1) is 29.5. The van der Waals surface area contributed by atoms with Gasteiger partial charge in [0.15, 0.2) is 0 Å². The maximum Gasteiger partial charge on any atom is 0.412 e. The Hall–Kier alpha value is -4.98. The fourth-order valence-electron chi connectivity index (χ4n) is 12.5. The summed E-state index contributed by atoms with van der Waals surface area (Å²) in [6.07, 6.45) is 0.431. The summed E-state index contributed by atoms with van der Waals surface area (Å²) in [6.45, 7) is 14.7. The van der Waals surface area contributed by atoms with Gasteiger partial charge in [-0.25, -0.2) is 29.1 Å². The van der Waals surface area contributed by atoms with Gasteiger partial charge in [-0.3, -0.25) is 19.4 Å². The van der Waals surface area contributed by atoms with Crippen LogP contribution in [-0.2, 0) is 57.7 Å². The van der Waals surface area contributed by atoms with Crippen LogP contribution in [0.4, 0.5) is 15.3 Å². The van der Waals surface area contributed by atoms with E-state index in [2.05, 4.69) is 63.8 Å². The molecule has 3 aromatic rings. The lowest BCUT2D eigenvalue weighted by molar-refractivity contribution is -0.167. The van der Waals surface area contributed by atoms with Crippen LogP contribution in [0.5, 0.6) is 0 Å². The Balaban J connectivity index is 1.31. The Labute approximate surface area is 374 Å². The van der Waals surface area contributed by atoms with Gasteiger partial charge in [0.1, 0.15) is 10.0 Å². The molecule has 4 bridgehead atoms. The van der Waals surface area contributed by atoms with E-state index in [0.717, 1.165) is 11.3 Å². The molecule has 4 amide bonds. The molecule has 8 rings (SSSR count). The first-order valence-electron chi connectivity index (χ1n) is 21.5. The highest BCUT2D eigenvalue weighted by atomic mass is 32.1. The van der Waals surface area contributed by atoms with Crippen LogP contribution in [0, 0.1) is 5.92 Å². The molecule has 5 aliphatic rings. The van der Waals surface area contributed by atoms with Crippen molar-refractivity contribution in [2.24, 2.45) is 28.9 Å². The summed E-state index contributed by atoms with van der Waals surface area (Å²) in [6, 6.07) is 6.79. The number of nitrogens with zero attached hydrogens (tertiary/aromatic N) is 5. The first-order valence-corrected chi connectivity index (χ1v) is 23.2. The molecule has 3 fully saturated rings. The van der Waals surface area contributed by atoms with Crippen LogP contribution in [0.15, 0.2) is 35.0 Å². The highest BCUT2D eigenvalue weighted by Gasteiger charge is 2.73. The Morgan fingerprint density at radius 3 is 1.62 bits per heavy atom. The zero-order valence-corrected chi connectivity index (χ0v) is 38.4. The maximum atomic E-state index is 14.7. The number of nitrogens with two attached hydrogens (primary N) is 4. The molecule has 8 N–H and O–H groups in total. The molecular weight excluding hydrogens is 847 g/mol. The Bertz CT molecular complexity index is 2400. The number of carbonyl (C=O) groups is 6. The summed E-state index contributed by atoms with van der Waals surface area (Å²) < 4.78 is 10.4. The maximum absolute atomic E-state index is 14.7. The number of carbonyl (C=O) groups excluding carboxylic acids is 6. The van der Waals surface area contributed by atoms with Gasteiger partial charge >= 0.3 is 24.1 Å². The van der Waals surface area contributed by atoms with E-state index in [1.807, 2.05) is 20.6 Å². The minimum absolute atomic E-state index is 0.174. The standard InChI is InChI=1S/C44H57N9O8S2/c1-23-18-29(28-10-8-16-51(28)43(31(45)54,35(56)60-37(47)58)40(5)19-25-21-62-33(40)49-25)53(27-14-12-24(13-15-27)39(2,3)4)42(23,7)30-11-9-17-52(30)44(32(46)55,36(57)61-38(48)59)41(6)20-26-22-63-34(41)50-26/h12-15,21-23,28-30H,8-11,16-20H2,1-7H3,(H2,45,54)(H2,46,55)(H2,47,58)(H2,48,59)/t23?,28?,29?,30?,40?,41?,42-,43-,44-/m0/s1. The monoisotopic (exact) mass is 903 g/mol. The molecule has 5 aliphatic heterocycles. The van der Waals surface area contributed by atoms with Crippen molar-refractivity contribution in [3.8, 4) is 0 Å². The molecule has 17 nitrogen and oxygen atoms in total. The Morgan fingerprint density at radius 2 is 1.19 bits per heavy atom. The number of rotatable bonds is 11. The minimum atomic E-state index is -2.21. The number of esters is 2. The normalized spacial score (nSPS) is 31.1. The summed E-state index contributed by atoms with van der Waals surface area (Å²) in [5.74, 6) is -4.45. The number of fused-ring (bicyclic) bond motifs is 4. The summed E-state index contributed by atoms with van der Waals surface area (Å²) in [7, 11) is 0. The van der Waals surface area contributed by atoms with Crippen LogP contribution >= 0.6 is 22.7 Å². The number of likely N-dealkylation sites (tertiary alicyclic amines) is 2. The number of ether oxygens (including phenoxy) is 2. The summed E-state index contributed by atoms with van der Waals surface area (Å²) in [5, 5.41) is 4.77. The van der Waals surface area contributed by atoms with Crippen molar-refractivity contribution in [3.05, 3.63) is 62.0 Å². The molecule has 7 heterocycles. The molecule has 0 aliphatic carbocycles. The number of anilines is 1. The van der Waals surface area contributed by atoms with Crippen molar-refractivity contribution in [1.82, 2.24) is 19.8 Å². The molecule has 0 radical (unpaired) electrons. The van der Waals surface area contributed by atoms with E-state index >= 15 is 0 Å². The van der Waals surface area contributed by atoms with Crippen molar-refractivity contribution in [2.75, 3.05) is 18.0 Å². The number of amides is 4.